The summed E-state index contributed by atoms with van der Waals surface area (Å²) in [5.74, 6) is -7.60. The summed E-state index contributed by atoms with van der Waals surface area (Å²) in [4.78, 5) is 49.0. The zero-order chi connectivity index (χ0) is 35.8. The van der Waals surface area contributed by atoms with E-state index in [1.54, 1.807) is 48.5 Å². The second kappa shape index (κ2) is 10.7. The first-order chi connectivity index (χ1) is 22.7. The number of amides is 4. The molecule has 2 aromatic carbocycles. The van der Waals surface area contributed by atoms with Crippen molar-refractivity contribution in [1.82, 2.24) is 0 Å². The Balaban J connectivity index is 1.01. The Morgan fingerprint density at radius 2 is 0.653 bits per heavy atom. The molecular weight excluding hydrogens is 890 g/mol. The van der Waals surface area contributed by atoms with E-state index < -0.39 is 75.5 Å². The molecule has 49 heavy (non-hydrogen) atoms. The number of allylic oxidation sites excluding steroid dienone is 4. The van der Waals surface area contributed by atoms with Gasteiger partial charge in [0, 0.05) is 0 Å². The van der Waals surface area contributed by atoms with E-state index in [4.69, 9.17) is 139 Å². The van der Waals surface area contributed by atoms with Crippen LogP contribution in [-0.4, -0.2) is 51.8 Å². The van der Waals surface area contributed by atoms with Crippen LogP contribution in [0, 0.1) is 23.7 Å². The maximum atomic E-state index is 13.7. The number of alkyl halides is 8. The molecule has 0 unspecified atom stereocenters. The summed E-state index contributed by atoms with van der Waals surface area (Å²) in [7, 11) is 0. The van der Waals surface area contributed by atoms with E-state index in [0.717, 1.165) is 20.9 Å². The van der Waals surface area contributed by atoms with Gasteiger partial charge in [-0.1, -0.05) is 117 Å². The average molecular weight is 904 g/mol. The average Bonchev–Trinajstić information content (AvgIpc) is 3.64. The summed E-state index contributed by atoms with van der Waals surface area (Å²) in [6, 6.07) is 13.4. The fourth-order valence-electron chi connectivity index (χ4n) is 8.26. The molecule has 0 radical (unpaired) electrons. The van der Waals surface area contributed by atoms with E-state index in [1.807, 2.05) is 0 Å². The van der Waals surface area contributed by atoms with Crippen LogP contribution in [0.2, 0.25) is 0 Å². The van der Waals surface area contributed by atoms with E-state index in [-0.39, 0.29) is 31.5 Å². The number of nitrogens with zero attached hydrogens (tertiary/aromatic N) is 2. The van der Waals surface area contributed by atoms with Gasteiger partial charge < -0.3 is 0 Å². The van der Waals surface area contributed by atoms with Crippen molar-refractivity contribution in [3.05, 3.63) is 79.8 Å². The maximum Gasteiger partial charge on any atom is 0.240 e. The SMILES string of the molecule is O=C1[C@@H]2[C@@H](C(=O)N1c1ccc(Cc3ccc(N4C(=O)[C@@H]5[C@@H](C4=O)[C@]4(Cl)C(Cl)=C(Cl)[C@]5(Cl)C4(Cl)Cl)cc3)cc1)[C@]1(Cl)C(Cl)=C(Cl)[C@]2(Cl)C1(Cl)Cl. The smallest absolute Gasteiger partial charge is 0.240 e. The molecule has 2 heterocycles. The minimum Gasteiger partial charge on any atom is -0.274 e. The summed E-state index contributed by atoms with van der Waals surface area (Å²) >= 11 is 79.0. The molecular formula is C31H14Cl12N2O4. The standard InChI is InChI=1S/C31H14Cl12N2O4/c32-18-19(33)27(37)15-14(26(18,36)30(27,40)41)22(46)44(23(15)47)12-5-1-10(2-6-12)9-11-3-7-13(8-4-11)45-24(48)16-17(25(45)49)29(39)21(35)20(34)28(16,38)31(29,42)43/h1-8,14-17H,9H2/t14-,15-,16-,17-,26-,27-,28-,29-/m0/s1. The third-order valence-corrected chi connectivity index (χ3v) is 19.1. The second-order valence-corrected chi connectivity index (χ2v) is 19.2. The molecule has 0 N–H and O–H groups in total. The normalized spacial score (nSPS) is 39.7. The highest BCUT2D eigenvalue weighted by molar-refractivity contribution is 6.68. The summed E-state index contributed by atoms with van der Waals surface area (Å²) < 4.78 is -4.04. The quantitative estimate of drug-likeness (QED) is 0.227. The molecule has 6 aliphatic rings. The molecule has 2 saturated carbocycles. The van der Waals surface area contributed by atoms with Crippen LogP contribution in [0.25, 0.3) is 0 Å². The van der Waals surface area contributed by atoms with Crippen molar-refractivity contribution in [3.8, 4) is 0 Å². The Bertz CT molecular complexity index is 1800. The Morgan fingerprint density at radius 3 is 0.878 bits per heavy atom. The van der Waals surface area contributed by atoms with Gasteiger partial charge in [0.25, 0.3) is 0 Å². The Morgan fingerprint density at radius 1 is 0.429 bits per heavy atom. The highest BCUT2D eigenvalue weighted by Gasteiger charge is 2.89. The van der Waals surface area contributed by atoms with Crippen LogP contribution in [-0.2, 0) is 25.6 Å². The van der Waals surface area contributed by atoms with E-state index in [2.05, 4.69) is 0 Å². The number of imide groups is 2. The number of fused-ring (bicyclic) bond motifs is 10. The van der Waals surface area contributed by atoms with Gasteiger partial charge in [0.2, 0.25) is 23.6 Å². The van der Waals surface area contributed by atoms with E-state index >= 15 is 0 Å². The molecule has 2 saturated heterocycles. The van der Waals surface area contributed by atoms with Gasteiger partial charge >= 0.3 is 0 Å². The molecule has 18 heteroatoms. The van der Waals surface area contributed by atoms with Crippen molar-refractivity contribution in [3.63, 3.8) is 0 Å². The number of hydrogen-bond acceptors (Lipinski definition) is 4. The molecule has 6 nitrogen and oxygen atoms in total. The highest BCUT2D eigenvalue weighted by atomic mass is 35.5. The predicted molar refractivity (Wildman–Crippen MR) is 195 cm³/mol. The van der Waals surface area contributed by atoms with E-state index in [1.165, 1.54) is 0 Å². The predicted octanol–water partition coefficient (Wildman–Crippen LogP) is 9.18. The molecule has 2 aromatic rings. The summed E-state index contributed by atoms with van der Waals surface area (Å²) in [5, 5.41) is -0.670. The lowest BCUT2D eigenvalue weighted by molar-refractivity contribution is -0.124. The largest absolute Gasteiger partial charge is 0.274 e. The highest BCUT2D eigenvalue weighted by Crippen LogP contribution is 2.79. The van der Waals surface area contributed by atoms with Crippen LogP contribution in [0.5, 0.6) is 0 Å². The summed E-state index contributed by atoms with van der Waals surface area (Å²) in [5.41, 5.74) is 2.18. The topological polar surface area (TPSA) is 74.8 Å². The molecule has 8 rings (SSSR count). The summed E-state index contributed by atoms with van der Waals surface area (Å²) in [6.45, 7) is 0. The van der Waals surface area contributed by atoms with Crippen molar-refractivity contribution < 1.29 is 19.2 Å². The van der Waals surface area contributed by atoms with Gasteiger partial charge in [-0.15, -0.1) is 46.4 Å². The number of hydrogen-bond donors (Lipinski definition) is 0. The van der Waals surface area contributed by atoms with E-state index in [0.29, 0.717) is 6.42 Å². The van der Waals surface area contributed by atoms with Crippen LogP contribution in [0.1, 0.15) is 11.1 Å². The van der Waals surface area contributed by atoms with Crippen molar-refractivity contribution in [2.45, 2.75) is 34.6 Å². The van der Waals surface area contributed by atoms with Gasteiger partial charge in [-0.3, -0.25) is 19.2 Å². The summed E-state index contributed by atoms with van der Waals surface area (Å²) in [6.07, 6.45) is 0.415. The minimum absolute atomic E-state index is 0.167. The molecule has 4 amide bonds. The lowest BCUT2D eigenvalue weighted by atomic mass is 9.84. The minimum atomic E-state index is -2.02. The lowest BCUT2D eigenvalue weighted by Crippen LogP contribution is -2.50. The fraction of sp³-hybridized carbons (Fsp3) is 0.355. The zero-order valence-corrected chi connectivity index (χ0v) is 32.8. The van der Waals surface area contributed by atoms with Crippen LogP contribution < -0.4 is 9.80 Å². The van der Waals surface area contributed by atoms with Crippen molar-refractivity contribution >= 4 is 174 Å². The van der Waals surface area contributed by atoms with Gasteiger partial charge in [-0.25, -0.2) is 9.80 Å². The van der Waals surface area contributed by atoms with Crippen LogP contribution >= 0.6 is 139 Å². The molecule has 4 bridgehead atoms. The molecule has 0 aromatic heterocycles. The van der Waals surface area contributed by atoms with Gasteiger partial charge in [0.15, 0.2) is 8.67 Å². The van der Waals surface area contributed by atoms with Crippen molar-refractivity contribution in [1.29, 1.82) is 0 Å². The van der Waals surface area contributed by atoms with Gasteiger partial charge in [-0.2, -0.15) is 0 Å². The Hall–Kier alpha value is -0.320. The number of rotatable bonds is 4. The van der Waals surface area contributed by atoms with Crippen LogP contribution in [0.4, 0.5) is 11.4 Å². The third-order valence-electron chi connectivity index (χ3n) is 10.6. The van der Waals surface area contributed by atoms with Crippen LogP contribution in [0.3, 0.4) is 0 Å². The number of halogens is 12. The molecule has 4 aliphatic carbocycles. The Labute approximate surface area is 338 Å². The Kier molecular flexibility index (Phi) is 7.77. The zero-order valence-electron chi connectivity index (χ0n) is 23.7. The fourth-order valence-corrected chi connectivity index (χ4v) is 14.1. The van der Waals surface area contributed by atoms with Gasteiger partial charge in [0.1, 0.15) is 19.5 Å². The van der Waals surface area contributed by atoms with Crippen molar-refractivity contribution in [2.24, 2.45) is 23.7 Å². The molecule has 4 fully saturated rings. The van der Waals surface area contributed by atoms with Crippen molar-refractivity contribution in [2.75, 3.05) is 9.80 Å². The maximum absolute atomic E-state index is 13.7. The lowest BCUT2D eigenvalue weighted by Gasteiger charge is -2.34. The molecule has 256 valence electrons. The number of anilines is 2. The number of carbonyl (C=O) groups excluding carboxylic acids is 4. The number of carbonyl (C=O) groups is 4. The molecule has 8 atom stereocenters. The first kappa shape index (κ1) is 35.7. The molecule has 2 aliphatic heterocycles. The van der Waals surface area contributed by atoms with Gasteiger partial charge in [-0.05, 0) is 41.8 Å². The van der Waals surface area contributed by atoms with Gasteiger partial charge in [0.05, 0.1) is 55.2 Å². The first-order valence-electron chi connectivity index (χ1n) is 14.3. The second-order valence-electron chi connectivity index (χ2n) is 12.7. The monoisotopic (exact) mass is 898 g/mol. The number of benzene rings is 2. The first-order valence-corrected chi connectivity index (χ1v) is 18.8. The molecule has 0 spiro atoms. The third kappa shape index (κ3) is 3.71. The van der Waals surface area contributed by atoms with Crippen LogP contribution in [0.15, 0.2) is 68.7 Å². The van der Waals surface area contributed by atoms with E-state index in [9.17, 15) is 19.2 Å².